The van der Waals surface area contributed by atoms with Gasteiger partial charge in [0.15, 0.2) is 11.5 Å². The number of carbonyl (C=O) groups is 1. The smallest absolute Gasteiger partial charge is 0.255 e. The van der Waals surface area contributed by atoms with Crippen molar-refractivity contribution >= 4 is 11.6 Å². The van der Waals surface area contributed by atoms with Crippen LogP contribution in [0, 0.1) is 0 Å². The predicted molar refractivity (Wildman–Crippen MR) is 105 cm³/mol. The zero-order valence-corrected chi connectivity index (χ0v) is 15.8. The summed E-state index contributed by atoms with van der Waals surface area (Å²) in [6.07, 6.45) is 5.85. The molecule has 3 heterocycles. The van der Waals surface area contributed by atoms with Crippen molar-refractivity contribution in [2.45, 2.75) is 25.4 Å². The molecule has 0 unspecified atom stereocenters. The number of rotatable bonds is 5. The quantitative estimate of drug-likeness (QED) is 0.859. The van der Waals surface area contributed by atoms with Crippen molar-refractivity contribution in [3.05, 3.63) is 47.8 Å². The maximum Gasteiger partial charge on any atom is 0.255 e. The Bertz CT molecular complexity index is 876. The number of piperazine rings is 1. The first-order valence-corrected chi connectivity index (χ1v) is 9.86. The lowest BCUT2D eigenvalue weighted by Crippen LogP contribution is -2.48. The minimum absolute atomic E-state index is 0.0645. The first kappa shape index (κ1) is 17.3. The van der Waals surface area contributed by atoms with Gasteiger partial charge < -0.3 is 19.7 Å². The van der Waals surface area contributed by atoms with Gasteiger partial charge in [-0.25, -0.2) is 0 Å². The van der Waals surface area contributed by atoms with Gasteiger partial charge in [-0.3, -0.25) is 14.7 Å². The number of fused-ring (bicyclic) bond motifs is 1. The highest BCUT2D eigenvalue weighted by Crippen LogP contribution is 2.33. The Morgan fingerprint density at radius 1 is 1.07 bits per heavy atom. The maximum absolute atomic E-state index is 12.9. The monoisotopic (exact) mass is 380 g/mol. The van der Waals surface area contributed by atoms with Crippen LogP contribution in [0.5, 0.6) is 11.5 Å². The summed E-state index contributed by atoms with van der Waals surface area (Å²) in [4.78, 5) is 21.4. The van der Waals surface area contributed by atoms with E-state index in [2.05, 4.69) is 21.3 Å². The number of nitrogens with zero attached hydrogens (tertiary/aromatic N) is 3. The van der Waals surface area contributed by atoms with Crippen molar-refractivity contribution in [1.29, 1.82) is 0 Å². The Morgan fingerprint density at radius 3 is 2.71 bits per heavy atom. The molecule has 0 spiro atoms. The minimum atomic E-state index is 0.0645. The zero-order valence-electron chi connectivity index (χ0n) is 15.8. The predicted octanol–water partition coefficient (Wildman–Crippen LogP) is 2.34. The van der Waals surface area contributed by atoms with Gasteiger partial charge in [0.05, 0.1) is 11.3 Å². The molecule has 1 aliphatic carbocycles. The van der Waals surface area contributed by atoms with Gasteiger partial charge in [-0.2, -0.15) is 0 Å². The van der Waals surface area contributed by atoms with Crippen molar-refractivity contribution in [2.75, 3.05) is 38.3 Å². The number of amides is 1. The fraction of sp³-hybridized carbons (Fsp3) is 0.429. The van der Waals surface area contributed by atoms with Crippen molar-refractivity contribution in [3.63, 3.8) is 0 Å². The lowest BCUT2D eigenvalue weighted by Gasteiger charge is -2.34. The highest BCUT2D eigenvalue weighted by Gasteiger charge is 2.24. The van der Waals surface area contributed by atoms with Gasteiger partial charge in [0, 0.05) is 51.2 Å². The maximum atomic E-state index is 12.9. The van der Waals surface area contributed by atoms with E-state index < -0.39 is 0 Å². The minimum Gasteiger partial charge on any atom is -0.454 e. The SMILES string of the molecule is O=C(c1cncc(NC2CC2)c1)N1CCN(Cc2ccc3c(c2)OCO3)CC1. The Hall–Kier alpha value is -2.80. The third kappa shape index (κ3) is 3.75. The van der Waals surface area contributed by atoms with E-state index in [1.54, 1.807) is 12.4 Å². The Labute approximate surface area is 164 Å². The fourth-order valence-corrected chi connectivity index (χ4v) is 3.69. The Balaban J connectivity index is 1.17. The Morgan fingerprint density at radius 2 is 1.89 bits per heavy atom. The largest absolute Gasteiger partial charge is 0.454 e. The first-order chi connectivity index (χ1) is 13.7. The summed E-state index contributed by atoms with van der Waals surface area (Å²) < 4.78 is 10.8. The van der Waals surface area contributed by atoms with Crippen LogP contribution in [0.3, 0.4) is 0 Å². The van der Waals surface area contributed by atoms with Gasteiger partial charge in [0.2, 0.25) is 6.79 Å². The fourth-order valence-electron chi connectivity index (χ4n) is 3.69. The topological polar surface area (TPSA) is 66.9 Å². The molecule has 7 nitrogen and oxygen atoms in total. The number of pyridine rings is 1. The number of aromatic nitrogens is 1. The molecule has 7 heteroatoms. The van der Waals surface area contributed by atoms with E-state index in [-0.39, 0.29) is 5.91 Å². The van der Waals surface area contributed by atoms with Crippen LogP contribution in [-0.4, -0.2) is 59.7 Å². The van der Waals surface area contributed by atoms with Crippen LogP contribution in [0.2, 0.25) is 0 Å². The average molecular weight is 380 g/mol. The van der Waals surface area contributed by atoms with Crippen molar-refractivity contribution in [3.8, 4) is 11.5 Å². The van der Waals surface area contributed by atoms with Crippen LogP contribution in [0.15, 0.2) is 36.7 Å². The molecule has 3 aliphatic rings. The molecule has 1 saturated carbocycles. The molecule has 2 aliphatic heterocycles. The van der Waals surface area contributed by atoms with E-state index in [9.17, 15) is 4.79 Å². The molecule has 2 aromatic rings. The lowest BCUT2D eigenvalue weighted by atomic mass is 10.1. The molecule has 0 radical (unpaired) electrons. The molecule has 0 bridgehead atoms. The molecule has 1 N–H and O–H groups in total. The number of ether oxygens (including phenoxy) is 2. The normalized spacial score (nSPS) is 18.9. The van der Waals surface area contributed by atoms with Gasteiger partial charge in [-0.1, -0.05) is 6.07 Å². The summed E-state index contributed by atoms with van der Waals surface area (Å²) in [5.41, 5.74) is 2.80. The van der Waals surface area contributed by atoms with Crippen LogP contribution in [0.1, 0.15) is 28.8 Å². The summed E-state index contributed by atoms with van der Waals surface area (Å²) in [6.45, 7) is 4.31. The zero-order chi connectivity index (χ0) is 18.9. The molecule has 5 rings (SSSR count). The molecule has 1 aromatic carbocycles. The summed E-state index contributed by atoms with van der Waals surface area (Å²) >= 11 is 0. The molecule has 0 atom stereocenters. The van der Waals surface area contributed by atoms with Crippen molar-refractivity contribution < 1.29 is 14.3 Å². The molecule has 2 fully saturated rings. The standard InChI is InChI=1S/C21H24N4O3/c26-21(16-10-18(12-22-11-16)23-17-2-3-17)25-7-5-24(6-8-25)13-15-1-4-19-20(9-15)28-14-27-19/h1,4,9-12,17,23H,2-3,5-8,13-14H2. The summed E-state index contributed by atoms with van der Waals surface area (Å²) in [5.74, 6) is 1.69. The number of nitrogens with one attached hydrogen (secondary N) is 1. The highest BCUT2D eigenvalue weighted by molar-refractivity contribution is 5.94. The van der Waals surface area contributed by atoms with Gasteiger partial charge in [-0.05, 0) is 36.6 Å². The van der Waals surface area contributed by atoms with Crippen LogP contribution in [0.4, 0.5) is 5.69 Å². The van der Waals surface area contributed by atoms with Crippen LogP contribution in [-0.2, 0) is 6.54 Å². The van der Waals surface area contributed by atoms with E-state index >= 15 is 0 Å². The van der Waals surface area contributed by atoms with Crippen molar-refractivity contribution in [2.24, 2.45) is 0 Å². The molecule has 1 saturated heterocycles. The number of benzene rings is 1. The van der Waals surface area contributed by atoms with E-state index in [1.165, 1.54) is 18.4 Å². The molecule has 146 valence electrons. The number of hydrogen-bond acceptors (Lipinski definition) is 6. The molecule has 1 amide bonds. The van der Waals surface area contributed by atoms with Gasteiger partial charge >= 0.3 is 0 Å². The average Bonchev–Trinajstić information content (AvgIpc) is 3.41. The van der Waals surface area contributed by atoms with Crippen LogP contribution >= 0.6 is 0 Å². The van der Waals surface area contributed by atoms with E-state index in [0.717, 1.165) is 49.9 Å². The van der Waals surface area contributed by atoms with Gasteiger partial charge in [0.25, 0.3) is 5.91 Å². The molecular formula is C21H24N4O3. The Kier molecular flexibility index (Phi) is 4.52. The number of carbonyl (C=O) groups excluding carboxylic acids is 1. The summed E-state index contributed by atoms with van der Waals surface area (Å²) in [5, 5.41) is 3.41. The lowest BCUT2D eigenvalue weighted by molar-refractivity contribution is 0.0628. The second-order valence-corrected chi connectivity index (χ2v) is 7.64. The van der Waals surface area contributed by atoms with Crippen LogP contribution < -0.4 is 14.8 Å². The molecular weight excluding hydrogens is 356 g/mol. The summed E-state index contributed by atoms with van der Waals surface area (Å²) in [7, 11) is 0. The van der Waals surface area contributed by atoms with E-state index in [0.29, 0.717) is 18.4 Å². The van der Waals surface area contributed by atoms with Gasteiger partial charge in [-0.15, -0.1) is 0 Å². The third-order valence-corrected chi connectivity index (χ3v) is 5.44. The van der Waals surface area contributed by atoms with E-state index in [4.69, 9.17) is 9.47 Å². The number of anilines is 1. The third-order valence-electron chi connectivity index (χ3n) is 5.44. The molecule has 28 heavy (non-hydrogen) atoms. The van der Waals surface area contributed by atoms with Crippen molar-refractivity contribution in [1.82, 2.24) is 14.8 Å². The highest BCUT2D eigenvalue weighted by atomic mass is 16.7. The second-order valence-electron chi connectivity index (χ2n) is 7.64. The van der Waals surface area contributed by atoms with E-state index in [1.807, 2.05) is 23.1 Å². The van der Waals surface area contributed by atoms with Gasteiger partial charge in [0.1, 0.15) is 0 Å². The first-order valence-electron chi connectivity index (χ1n) is 9.86. The second kappa shape index (κ2) is 7.31. The summed E-state index contributed by atoms with van der Waals surface area (Å²) in [6, 6.07) is 8.56. The number of hydrogen-bond donors (Lipinski definition) is 1. The molecule has 1 aromatic heterocycles. The van der Waals surface area contributed by atoms with Crippen LogP contribution in [0.25, 0.3) is 0 Å².